The summed E-state index contributed by atoms with van der Waals surface area (Å²) in [5.41, 5.74) is 0.567. The van der Waals surface area contributed by atoms with Crippen LogP contribution in [0.5, 0.6) is 5.75 Å². The molecule has 0 unspecified atom stereocenters. The van der Waals surface area contributed by atoms with Crippen LogP contribution in [0.25, 0.3) is 0 Å². The van der Waals surface area contributed by atoms with Gasteiger partial charge in [0.2, 0.25) is 0 Å². The number of halogens is 1. The summed E-state index contributed by atoms with van der Waals surface area (Å²) in [5.74, 6) is 0.318. The van der Waals surface area contributed by atoms with Crippen molar-refractivity contribution in [2.75, 3.05) is 6.61 Å². The summed E-state index contributed by atoms with van der Waals surface area (Å²) in [7, 11) is 0. The van der Waals surface area contributed by atoms with Crippen LogP contribution in [0.3, 0.4) is 0 Å². The maximum absolute atomic E-state index is 12.7. The number of benzene rings is 1. The van der Waals surface area contributed by atoms with Gasteiger partial charge in [-0.25, -0.2) is 4.39 Å². The van der Waals surface area contributed by atoms with Crippen LogP contribution >= 0.6 is 0 Å². The number of hydrogen-bond acceptors (Lipinski definition) is 1. The molecule has 12 heavy (non-hydrogen) atoms. The van der Waals surface area contributed by atoms with E-state index in [9.17, 15) is 4.39 Å². The van der Waals surface area contributed by atoms with Crippen LogP contribution < -0.4 is 4.74 Å². The molecule has 0 aromatic heterocycles. The van der Waals surface area contributed by atoms with E-state index in [1.54, 1.807) is 6.07 Å². The second-order valence-corrected chi connectivity index (χ2v) is 2.25. The molecule has 1 nitrogen and oxygen atoms in total. The normalized spacial score (nSPS) is 9.50. The molecular weight excluding hydrogens is 155 g/mol. The van der Waals surface area contributed by atoms with E-state index in [2.05, 4.69) is 12.7 Å². The highest BCUT2D eigenvalue weighted by Crippen LogP contribution is 2.19. The van der Waals surface area contributed by atoms with Crippen LogP contribution in [0.1, 0.15) is 12.5 Å². The van der Waals surface area contributed by atoms with Gasteiger partial charge in [0.1, 0.15) is 11.6 Å². The van der Waals surface area contributed by atoms with Crippen molar-refractivity contribution >= 4 is 0 Å². The quantitative estimate of drug-likeness (QED) is 0.668. The molecule has 1 aromatic rings. The molecule has 2 heteroatoms. The Balaban J connectivity index is 3.02. The predicted octanol–water partition coefficient (Wildman–Crippen LogP) is 2.56. The molecule has 0 spiro atoms. The van der Waals surface area contributed by atoms with Gasteiger partial charge in [0.15, 0.2) is 0 Å². The van der Waals surface area contributed by atoms with Crippen LogP contribution in [0, 0.1) is 11.9 Å². The Morgan fingerprint density at radius 3 is 2.92 bits per heavy atom. The first-order valence-electron chi connectivity index (χ1n) is 3.73. The number of rotatable bonds is 3. The summed E-state index contributed by atoms with van der Waals surface area (Å²) in [6.45, 7) is 5.87. The van der Waals surface area contributed by atoms with Crippen LogP contribution in [0.2, 0.25) is 0 Å². The number of hydrogen-bond donors (Lipinski definition) is 0. The van der Waals surface area contributed by atoms with E-state index in [4.69, 9.17) is 4.74 Å². The lowest BCUT2D eigenvalue weighted by atomic mass is 10.2. The minimum absolute atomic E-state index is 0.301. The molecule has 63 valence electrons. The Bertz CT molecular complexity index is 281. The van der Waals surface area contributed by atoms with Crippen LogP contribution in [-0.2, 0) is 0 Å². The Hall–Kier alpha value is -1.31. The van der Waals surface area contributed by atoms with Gasteiger partial charge in [-0.1, -0.05) is 6.58 Å². The summed E-state index contributed by atoms with van der Waals surface area (Å²) >= 11 is 0. The van der Waals surface area contributed by atoms with E-state index in [1.165, 1.54) is 12.1 Å². The highest BCUT2D eigenvalue weighted by atomic mass is 19.1. The second-order valence-electron chi connectivity index (χ2n) is 2.25. The molecule has 0 saturated heterocycles. The largest absolute Gasteiger partial charge is 0.493 e. The van der Waals surface area contributed by atoms with E-state index in [-0.39, 0.29) is 5.82 Å². The third-order valence-electron chi connectivity index (χ3n) is 1.43. The van der Waals surface area contributed by atoms with Crippen molar-refractivity contribution in [1.29, 1.82) is 0 Å². The maximum atomic E-state index is 12.7. The summed E-state index contributed by atoms with van der Waals surface area (Å²) in [6, 6.07) is 4.27. The highest BCUT2D eigenvalue weighted by molar-refractivity contribution is 5.37. The molecule has 0 bridgehead atoms. The molecule has 0 aliphatic carbocycles. The fourth-order valence-electron chi connectivity index (χ4n) is 0.922. The summed E-state index contributed by atoms with van der Waals surface area (Å²) in [4.78, 5) is 0. The van der Waals surface area contributed by atoms with Crippen molar-refractivity contribution in [3.63, 3.8) is 0 Å². The van der Waals surface area contributed by atoms with Gasteiger partial charge >= 0.3 is 0 Å². The maximum Gasteiger partial charge on any atom is 0.127 e. The minimum Gasteiger partial charge on any atom is -0.493 e. The van der Waals surface area contributed by atoms with Gasteiger partial charge in [-0.2, -0.15) is 0 Å². The van der Waals surface area contributed by atoms with E-state index in [1.807, 2.05) is 6.92 Å². The minimum atomic E-state index is -0.301. The van der Waals surface area contributed by atoms with E-state index >= 15 is 0 Å². The first-order chi connectivity index (χ1) is 5.77. The molecule has 1 radical (unpaired) electrons. The molecule has 1 rings (SSSR count). The Labute approximate surface area is 71.5 Å². The molecule has 0 heterocycles. The van der Waals surface area contributed by atoms with Crippen molar-refractivity contribution in [3.05, 3.63) is 42.2 Å². The Morgan fingerprint density at radius 1 is 1.58 bits per heavy atom. The van der Waals surface area contributed by atoms with E-state index in [0.29, 0.717) is 17.9 Å². The van der Waals surface area contributed by atoms with Crippen molar-refractivity contribution in [2.24, 2.45) is 0 Å². The zero-order valence-electron chi connectivity index (χ0n) is 6.93. The van der Waals surface area contributed by atoms with Gasteiger partial charge < -0.3 is 4.74 Å². The zero-order chi connectivity index (χ0) is 8.97. The van der Waals surface area contributed by atoms with Crippen LogP contribution in [0.4, 0.5) is 4.39 Å². The summed E-state index contributed by atoms with van der Waals surface area (Å²) in [5, 5.41) is 0. The summed E-state index contributed by atoms with van der Waals surface area (Å²) in [6.07, 6.45) is 2.61. The second kappa shape index (κ2) is 3.90. The number of ether oxygens (including phenoxy) is 1. The molecular formula is C10H10FO. The first-order valence-corrected chi connectivity index (χ1v) is 3.73. The summed E-state index contributed by atoms with van der Waals surface area (Å²) < 4.78 is 17.9. The average Bonchev–Trinajstić information content (AvgIpc) is 2.08. The van der Waals surface area contributed by atoms with E-state index < -0.39 is 0 Å². The molecule has 0 atom stereocenters. The molecule has 0 N–H and O–H groups in total. The third kappa shape index (κ3) is 1.84. The van der Waals surface area contributed by atoms with Crippen molar-refractivity contribution in [3.8, 4) is 5.75 Å². The lowest BCUT2D eigenvalue weighted by Crippen LogP contribution is -1.94. The molecule has 0 amide bonds. The molecule has 0 fully saturated rings. The first kappa shape index (κ1) is 8.78. The molecule has 0 aliphatic rings. The highest BCUT2D eigenvalue weighted by Gasteiger charge is 2.00. The van der Waals surface area contributed by atoms with Gasteiger partial charge in [0.05, 0.1) is 6.61 Å². The fourth-order valence-corrected chi connectivity index (χ4v) is 0.922. The average molecular weight is 165 g/mol. The Kier molecular flexibility index (Phi) is 2.86. The van der Waals surface area contributed by atoms with Crippen molar-refractivity contribution in [1.82, 2.24) is 0 Å². The van der Waals surface area contributed by atoms with Gasteiger partial charge in [0, 0.05) is 5.56 Å². The van der Waals surface area contributed by atoms with Gasteiger partial charge in [0.25, 0.3) is 0 Å². The zero-order valence-corrected chi connectivity index (χ0v) is 6.93. The lowest BCUT2D eigenvalue weighted by Gasteiger charge is -2.05. The van der Waals surface area contributed by atoms with Crippen molar-refractivity contribution in [2.45, 2.75) is 6.92 Å². The smallest absolute Gasteiger partial charge is 0.127 e. The van der Waals surface area contributed by atoms with Crippen LogP contribution in [-0.4, -0.2) is 6.61 Å². The Morgan fingerprint density at radius 2 is 2.33 bits per heavy atom. The topological polar surface area (TPSA) is 9.23 Å². The monoisotopic (exact) mass is 165 g/mol. The third-order valence-corrected chi connectivity index (χ3v) is 1.43. The predicted molar refractivity (Wildman–Crippen MR) is 45.5 cm³/mol. The molecule has 1 aromatic carbocycles. The SMILES string of the molecule is C=[C]c1cc(F)ccc1OCC. The van der Waals surface area contributed by atoms with Crippen LogP contribution in [0.15, 0.2) is 24.8 Å². The van der Waals surface area contributed by atoms with Gasteiger partial charge in [-0.15, -0.1) is 0 Å². The van der Waals surface area contributed by atoms with Gasteiger partial charge in [-0.05, 0) is 31.2 Å². The van der Waals surface area contributed by atoms with Gasteiger partial charge in [-0.3, -0.25) is 0 Å². The van der Waals surface area contributed by atoms with Crippen molar-refractivity contribution < 1.29 is 9.13 Å². The lowest BCUT2D eigenvalue weighted by molar-refractivity contribution is 0.338. The molecule has 0 saturated carbocycles. The molecule has 0 aliphatic heterocycles. The van der Waals surface area contributed by atoms with E-state index in [0.717, 1.165) is 0 Å². The fraction of sp³-hybridized carbons (Fsp3) is 0.200. The standard InChI is InChI=1S/C10H10FO/c1-3-8-7-9(11)5-6-10(8)12-4-2/h5-7H,1,4H2,2H3.